The molecule has 3 heteroatoms. The fourth-order valence-corrected chi connectivity index (χ4v) is 2.78. The summed E-state index contributed by atoms with van der Waals surface area (Å²) in [5.41, 5.74) is 0.261. The molecule has 0 spiro atoms. The van der Waals surface area contributed by atoms with Crippen molar-refractivity contribution in [2.75, 3.05) is 32.8 Å². The standard InChI is InChI=1S/C13H26N2O/c1-11-7-14-10-13(2,3)15(8-11)9-12-5-4-6-16-12/h11-12,14H,4-10H2,1-3H3. The monoisotopic (exact) mass is 226 g/mol. The van der Waals surface area contributed by atoms with Crippen molar-refractivity contribution in [3.8, 4) is 0 Å². The fraction of sp³-hybridized carbons (Fsp3) is 1.00. The minimum atomic E-state index is 0.261. The zero-order valence-corrected chi connectivity index (χ0v) is 11.0. The zero-order valence-electron chi connectivity index (χ0n) is 11.0. The first-order valence-electron chi connectivity index (χ1n) is 6.65. The maximum absolute atomic E-state index is 5.76. The van der Waals surface area contributed by atoms with Crippen molar-refractivity contribution in [1.29, 1.82) is 0 Å². The summed E-state index contributed by atoms with van der Waals surface area (Å²) < 4.78 is 5.76. The van der Waals surface area contributed by atoms with Crippen LogP contribution in [0, 0.1) is 5.92 Å². The highest BCUT2D eigenvalue weighted by Gasteiger charge is 2.32. The number of nitrogens with zero attached hydrogens (tertiary/aromatic N) is 1. The molecule has 0 radical (unpaired) electrons. The highest BCUT2D eigenvalue weighted by molar-refractivity contribution is 4.90. The molecule has 0 saturated carbocycles. The SMILES string of the molecule is CC1CNCC(C)(C)N(CC2CCCO2)C1. The van der Waals surface area contributed by atoms with Gasteiger partial charge in [-0.25, -0.2) is 0 Å². The summed E-state index contributed by atoms with van der Waals surface area (Å²) in [6.45, 7) is 12.5. The number of nitrogens with one attached hydrogen (secondary N) is 1. The molecule has 2 aliphatic heterocycles. The Morgan fingerprint density at radius 2 is 2.25 bits per heavy atom. The Hall–Kier alpha value is -0.120. The van der Waals surface area contributed by atoms with Gasteiger partial charge in [0.2, 0.25) is 0 Å². The van der Waals surface area contributed by atoms with Crippen LogP contribution in [0.15, 0.2) is 0 Å². The van der Waals surface area contributed by atoms with Gasteiger partial charge in [-0.1, -0.05) is 6.92 Å². The van der Waals surface area contributed by atoms with Gasteiger partial charge in [0.05, 0.1) is 6.10 Å². The molecule has 3 nitrogen and oxygen atoms in total. The van der Waals surface area contributed by atoms with Gasteiger partial charge < -0.3 is 10.1 Å². The predicted molar refractivity (Wildman–Crippen MR) is 66.7 cm³/mol. The topological polar surface area (TPSA) is 24.5 Å². The third-order valence-corrected chi connectivity index (χ3v) is 3.89. The van der Waals surface area contributed by atoms with Crippen LogP contribution < -0.4 is 5.32 Å². The molecule has 1 N–H and O–H groups in total. The van der Waals surface area contributed by atoms with Crippen LogP contribution in [-0.4, -0.2) is 49.3 Å². The number of rotatable bonds is 2. The smallest absolute Gasteiger partial charge is 0.0703 e. The van der Waals surface area contributed by atoms with E-state index in [0.717, 1.165) is 32.2 Å². The average Bonchev–Trinajstić information content (AvgIpc) is 2.64. The van der Waals surface area contributed by atoms with Crippen LogP contribution in [0.2, 0.25) is 0 Å². The minimum absolute atomic E-state index is 0.261. The van der Waals surface area contributed by atoms with Crippen molar-refractivity contribution in [1.82, 2.24) is 10.2 Å². The lowest BCUT2D eigenvalue weighted by atomic mass is 10.0. The summed E-state index contributed by atoms with van der Waals surface area (Å²) in [5, 5.41) is 3.56. The number of hydrogen-bond acceptors (Lipinski definition) is 3. The Balaban J connectivity index is 1.96. The van der Waals surface area contributed by atoms with E-state index in [0.29, 0.717) is 6.10 Å². The van der Waals surface area contributed by atoms with Crippen molar-refractivity contribution in [3.63, 3.8) is 0 Å². The zero-order chi connectivity index (χ0) is 11.6. The molecule has 2 fully saturated rings. The highest BCUT2D eigenvalue weighted by Crippen LogP contribution is 2.22. The van der Waals surface area contributed by atoms with Gasteiger partial charge in [-0.3, -0.25) is 4.90 Å². The molecular weight excluding hydrogens is 200 g/mol. The number of hydrogen-bond donors (Lipinski definition) is 1. The Labute approximate surface area is 99.5 Å². The Morgan fingerprint density at radius 3 is 2.94 bits per heavy atom. The Kier molecular flexibility index (Phi) is 3.88. The Bertz CT molecular complexity index is 224. The van der Waals surface area contributed by atoms with Crippen LogP contribution >= 0.6 is 0 Å². The molecule has 2 heterocycles. The molecule has 2 atom stereocenters. The molecule has 2 saturated heterocycles. The van der Waals surface area contributed by atoms with Gasteiger partial charge in [0, 0.05) is 31.8 Å². The normalized spacial score (nSPS) is 36.2. The molecule has 0 aliphatic carbocycles. The van der Waals surface area contributed by atoms with Gasteiger partial charge in [-0.15, -0.1) is 0 Å². The van der Waals surface area contributed by atoms with Gasteiger partial charge in [-0.2, -0.15) is 0 Å². The van der Waals surface area contributed by atoms with E-state index in [1.807, 2.05) is 0 Å². The van der Waals surface area contributed by atoms with Crippen molar-refractivity contribution in [3.05, 3.63) is 0 Å². The number of ether oxygens (including phenoxy) is 1. The van der Waals surface area contributed by atoms with Crippen molar-refractivity contribution in [2.45, 2.75) is 45.3 Å². The third-order valence-electron chi connectivity index (χ3n) is 3.89. The molecule has 0 amide bonds. The lowest BCUT2D eigenvalue weighted by Crippen LogP contribution is -2.51. The molecule has 16 heavy (non-hydrogen) atoms. The van der Waals surface area contributed by atoms with E-state index >= 15 is 0 Å². The molecule has 0 aromatic heterocycles. The van der Waals surface area contributed by atoms with E-state index in [4.69, 9.17) is 4.74 Å². The van der Waals surface area contributed by atoms with Gasteiger partial charge in [0.1, 0.15) is 0 Å². The fourth-order valence-electron chi connectivity index (χ4n) is 2.78. The lowest BCUT2D eigenvalue weighted by molar-refractivity contribution is 0.0324. The molecule has 2 aliphatic rings. The summed E-state index contributed by atoms with van der Waals surface area (Å²) >= 11 is 0. The van der Waals surface area contributed by atoms with Crippen LogP contribution in [0.25, 0.3) is 0 Å². The average molecular weight is 226 g/mol. The summed E-state index contributed by atoms with van der Waals surface area (Å²) in [7, 11) is 0. The Morgan fingerprint density at radius 1 is 1.44 bits per heavy atom. The lowest BCUT2D eigenvalue weighted by Gasteiger charge is -2.38. The summed E-state index contributed by atoms with van der Waals surface area (Å²) in [5.74, 6) is 0.739. The molecular formula is C13H26N2O. The first-order chi connectivity index (χ1) is 7.58. The second-order valence-electron chi connectivity index (χ2n) is 6.09. The molecule has 0 aromatic carbocycles. The summed E-state index contributed by atoms with van der Waals surface area (Å²) in [6, 6.07) is 0. The van der Waals surface area contributed by atoms with Gasteiger partial charge in [-0.05, 0) is 39.2 Å². The molecule has 2 rings (SSSR count). The molecule has 94 valence electrons. The van der Waals surface area contributed by atoms with Crippen molar-refractivity contribution < 1.29 is 4.74 Å². The second kappa shape index (κ2) is 5.03. The van der Waals surface area contributed by atoms with Crippen LogP contribution in [0.3, 0.4) is 0 Å². The van der Waals surface area contributed by atoms with E-state index in [2.05, 4.69) is 31.0 Å². The third kappa shape index (κ3) is 2.96. The molecule has 2 unspecified atom stereocenters. The summed E-state index contributed by atoms with van der Waals surface area (Å²) in [6.07, 6.45) is 2.96. The highest BCUT2D eigenvalue weighted by atomic mass is 16.5. The van der Waals surface area contributed by atoms with E-state index in [-0.39, 0.29) is 5.54 Å². The van der Waals surface area contributed by atoms with Crippen molar-refractivity contribution in [2.24, 2.45) is 5.92 Å². The quantitative estimate of drug-likeness (QED) is 0.772. The summed E-state index contributed by atoms with van der Waals surface area (Å²) in [4.78, 5) is 2.62. The first-order valence-corrected chi connectivity index (χ1v) is 6.65. The van der Waals surface area contributed by atoms with E-state index in [1.165, 1.54) is 19.4 Å². The second-order valence-corrected chi connectivity index (χ2v) is 6.09. The van der Waals surface area contributed by atoms with E-state index < -0.39 is 0 Å². The van der Waals surface area contributed by atoms with Crippen LogP contribution in [0.1, 0.15) is 33.6 Å². The van der Waals surface area contributed by atoms with Crippen LogP contribution in [0.5, 0.6) is 0 Å². The first kappa shape index (κ1) is 12.3. The van der Waals surface area contributed by atoms with Crippen molar-refractivity contribution >= 4 is 0 Å². The van der Waals surface area contributed by atoms with Gasteiger partial charge in [0.15, 0.2) is 0 Å². The van der Waals surface area contributed by atoms with E-state index in [9.17, 15) is 0 Å². The predicted octanol–water partition coefficient (Wildman–Crippen LogP) is 1.49. The maximum atomic E-state index is 5.76. The van der Waals surface area contributed by atoms with Gasteiger partial charge in [0.25, 0.3) is 0 Å². The van der Waals surface area contributed by atoms with Crippen LogP contribution in [0.4, 0.5) is 0 Å². The van der Waals surface area contributed by atoms with Crippen LogP contribution in [-0.2, 0) is 4.74 Å². The molecule has 0 aromatic rings. The van der Waals surface area contributed by atoms with E-state index in [1.54, 1.807) is 0 Å². The maximum Gasteiger partial charge on any atom is 0.0703 e. The minimum Gasteiger partial charge on any atom is -0.377 e. The largest absolute Gasteiger partial charge is 0.377 e. The van der Waals surface area contributed by atoms with Gasteiger partial charge >= 0.3 is 0 Å². The molecule has 0 bridgehead atoms.